The lowest BCUT2D eigenvalue weighted by molar-refractivity contribution is 0.263. The molecule has 0 aromatic heterocycles. The molecule has 1 saturated carbocycles. The van der Waals surface area contributed by atoms with Crippen LogP contribution in [0.2, 0.25) is 0 Å². The summed E-state index contributed by atoms with van der Waals surface area (Å²) in [6.45, 7) is 4.59. The Kier molecular flexibility index (Phi) is 2.12. The summed E-state index contributed by atoms with van der Waals surface area (Å²) in [6, 6.07) is 0.487. The van der Waals surface area contributed by atoms with Crippen LogP contribution < -0.4 is 5.73 Å². The first-order valence-electron chi connectivity index (χ1n) is 3.95. The van der Waals surface area contributed by atoms with Crippen molar-refractivity contribution in [1.29, 1.82) is 0 Å². The van der Waals surface area contributed by atoms with Gasteiger partial charge in [-0.2, -0.15) is 0 Å². The molecule has 0 bridgehead atoms. The lowest BCUT2D eigenvalue weighted by Crippen LogP contribution is -2.33. The molecular formula is C8H17N. The van der Waals surface area contributed by atoms with Crippen LogP contribution in [-0.4, -0.2) is 6.04 Å². The van der Waals surface area contributed by atoms with Gasteiger partial charge in [0.1, 0.15) is 0 Å². The molecule has 1 rings (SSSR count). The molecule has 1 aliphatic rings. The van der Waals surface area contributed by atoms with E-state index in [4.69, 9.17) is 5.73 Å². The minimum Gasteiger partial charge on any atom is -0.327 e. The minimum absolute atomic E-state index is 0.487. The van der Waals surface area contributed by atoms with Crippen molar-refractivity contribution in [1.82, 2.24) is 0 Å². The molecule has 0 unspecified atom stereocenters. The lowest BCUT2D eigenvalue weighted by atomic mass is 9.80. The normalized spacial score (nSPS) is 45.0. The molecule has 2 N–H and O–H groups in total. The Morgan fingerprint density at radius 3 is 2.33 bits per heavy atom. The van der Waals surface area contributed by atoms with Crippen LogP contribution in [-0.2, 0) is 0 Å². The van der Waals surface area contributed by atoms with Gasteiger partial charge in [0.05, 0.1) is 0 Å². The maximum absolute atomic E-state index is 5.84. The summed E-state index contributed by atoms with van der Waals surface area (Å²) in [5.41, 5.74) is 5.84. The van der Waals surface area contributed by atoms with Crippen molar-refractivity contribution < 1.29 is 0 Å². The monoisotopic (exact) mass is 127 g/mol. The van der Waals surface area contributed by atoms with Crippen molar-refractivity contribution in [3.05, 3.63) is 0 Å². The van der Waals surface area contributed by atoms with Gasteiger partial charge >= 0.3 is 0 Å². The van der Waals surface area contributed by atoms with Crippen molar-refractivity contribution in [3.8, 4) is 0 Å². The third-order valence-electron chi connectivity index (χ3n) is 2.50. The van der Waals surface area contributed by atoms with Crippen LogP contribution in [0.3, 0.4) is 0 Å². The van der Waals surface area contributed by atoms with Gasteiger partial charge in [-0.1, -0.05) is 13.8 Å². The molecule has 9 heavy (non-hydrogen) atoms. The molecule has 0 aliphatic heterocycles. The zero-order valence-electron chi connectivity index (χ0n) is 6.43. The van der Waals surface area contributed by atoms with Crippen LogP contribution in [0, 0.1) is 11.8 Å². The summed E-state index contributed by atoms with van der Waals surface area (Å²) >= 11 is 0. The number of rotatable bonds is 0. The Balaban J connectivity index is 2.35. The summed E-state index contributed by atoms with van der Waals surface area (Å²) in [6.07, 6.45) is 3.91. The van der Waals surface area contributed by atoms with E-state index in [2.05, 4.69) is 13.8 Å². The molecule has 3 atom stereocenters. The second-order valence-electron chi connectivity index (χ2n) is 3.56. The van der Waals surface area contributed by atoms with Crippen LogP contribution in [0.4, 0.5) is 0 Å². The Labute approximate surface area is 57.6 Å². The van der Waals surface area contributed by atoms with Gasteiger partial charge in [0, 0.05) is 6.04 Å². The highest BCUT2D eigenvalue weighted by molar-refractivity contribution is 4.77. The first kappa shape index (κ1) is 7.07. The van der Waals surface area contributed by atoms with Gasteiger partial charge in [0.2, 0.25) is 0 Å². The van der Waals surface area contributed by atoms with Crippen LogP contribution >= 0.6 is 0 Å². The highest BCUT2D eigenvalue weighted by atomic mass is 14.7. The average molecular weight is 127 g/mol. The summed E-state index contributed by atoms with van der Waals surface area (Å²) < 4.78 is 0. The fraction of sp³-hybridized carbons (Fsp3) is 1.00. The maximum Gasteiger partial charge on any atom is 0.00647 e. The van der Waals surface area contributed by atoms with E-state index in [0.717, 1.165) is 11.8 Å². The Bertz CT molecular complexity index is 90.6. The molecule has 1 aliphatic carbocycles. The van der Waals surface area contributed by atoms with Gasteiger partial charge in [0.25, 0.3) is 0 Å². The molecule has 0 amide bonds. The highest BCUT2D eigenvalue weighted by Crippen LogP contribution is 2.26. The molecule has 0 saturated heterocycles. The summed E-state index contributed by atoms with van der Waals surface area (Å²) in [4.78, 5) is 0. The van der Waals surface area contributed by atoms with E-state index in [0.29, 0.717) is 6.04 Å². The molecule has 0 heterocycles. The van der Waals surface area contributed by atoms with Crippen molar-refractivity contribution in [2.45, 2.75) is 39.2 Å². The van der Waals surface area contributed by atoms with Crippen molar-refractivity contribution in [2.24, 2.45) is 17.6 Å². The van der Waals surface area contributed by atoms with Gasteiger partial charge in [-0.15, -0.1) is 0 Å². The van der Waals surface area contributed by atoms with Crippen molar-refractivity contribution in [3.63, 3.8) is 0 Å². The largest absolute Gasteiger partial charge is 0.327 e. The van der Waals surface area contributed by atoms with Crippen molar-refractivity contribution >= 4 is 0 Å². The van der Waals surface area contributed by atoms with Gasteiger partial charge in [-0.25, -0.2) is 0 Å². The average Bonchev–Trinajstić information content (AvgIpc) is 1.80. The van der Waals surface area contributed by atoms with E-state index in [1.54, 1.807) is 0 Å². The molecule has 1 heteroatoms. The minimum atomic E-state index is 0.487. The predicted octanol–water partition coefficient (Wildman–Crippen LogP) is 1.77. The quantitative estimate of drug-likeness (QED) is 0.527. The van der Waals surface area contributed by atoms with Gasteiger partial charge in [-0.05, 0) is 31.1 Å². The van der Waals surface area contributed by atoms with Crippen molar-refractivity contribution in [2.75, 3.05) is 0 Å². The zero-order valence-corrected chi connectivity index (χ0v) is 6.43. The molecular weight excluding hydrogens is 110 g/mol. The Hall–Kier alpha value is -0.0400. The third-order valence-corrected chi connectivity index (χ3v) is 2.50. The molecule has 54 valence electrons. The smallest absolute Gasteiger partial charge is 0.00647 e. The van der Waals surface area contributed by atoms with Crippen LogP contribution in [0.5, 0.6) is 0 Å². The summed E-state index contributed by atoms with van der Waals surface area (Å²) in [7, 11) is 0. The molecule has 1 nitrogen and oxygen atoms in total. The molecule has 0 spiro atoms. The first-order chi connectivity index (χ1) is 4.20. The molecule has 0 aromatic carbocycles. The van der Waals surface area contributed by atoms with Crippen LogP contribution in [0.25, 0.3) is 0 Å². The maximum atomic E-state index is 5.84. The van der Waals surface area contributed by atoms with E-state index in [9.17, 15) is 0 Å². The van der Waals surface area contributed by atoms with Gasteiger partial charge in [0.15, 0.2) is 0 Å². The standard InChI is InChI=1S/C8H17N/c1-6-3-4-8(9)7(2)5-6/h6-8H,3-5,9H2,1-2H3/t6-,7+,8+/m0/s1. The fourth-order valence-electron chi connectivity index (χ4n) is 1.69. The summed E-state index contributed by atoms with van der Waals surface area (Å²) in [5, 5.41) is 0. The van der Waals surface area contributed by atoms with Gasteiger partial charge in [-0.3, -0.25) is 0 Å². The Morgan fingerprint density at radius 1 is 1.22 bits per heavy atom. The number of hydrogen-bond acceptors (Lipinski definition) is 1. The third kappa shape index (κ3) is 1.68. The van der Waals surface area contributed by atoms with E-state index in [-0.39, 0.29) is 0 Å². The van der Waals surface area contributed by atoms with E-state index in [1.165, 1.54) is 19.3 Å². The molecule has 1 fully saturated rings. The second kappa shape index (κ2) is 2.70. The SMILES string of the molecule is C[C@H]1CC[C@@H](N)[C@H](C)C1. The van der Waals surface area contributed by atoms with Crippen LogP contribution in [0.1, 0.15) is 33.1 Å². The first-order valence-corrected chi connectivity index (χ1v) is 3.95. The number of hydrogen-bond donors (Lipinski definition) is 1. The number of nitrogens with two attached hydrogens (primary N) is 1. The van der Waals surface area contributed by atoms with Gasteiger partial charge < -0.3 is 5.73 Å². The van der Waals surface area contributed by atoms with E-state index >= 15 is 0 Å². The fourth-order valence-corrected chi connectivity index (χ4v) is 1.69. The topological polar surface area (TPSA) is 26.0 Å². The van der Waals surface area contributed by atoms with Crippen LogP contribution in [0.15, 0.2) is 0 Å². The van der Waals surface area contributed by atoms with E-state index < -0.39 is 0 Å². The predicted molar refractivity (Wildman–Crippen MR) is 40.2 cm³/mol. The van der Waals surface area contributed by atoms with E-state index in [1.807, 2.05) is 0 Å². The lowest BCUT2D eigenvalue weighted by Gasteiger charge is -2.29. The molecule has 0 aromatic rings. The zero-order chi connectivity index (χ0) is 6.85. The summed E-state index contributed by atoms with van der Waals surface area (Å²) in [5.74, 6) is 1.67. The highest BCUT2D eigenvalue weighted by Gasteiger charge is 2.21. The second-order valence-corrected chi connectivity index (χ2v) is 3.56. The Morgan fingerprint density at radius 2 is 1.89 bits per heavy atom. The molecule has 0 radical (unpaired) electrons.